The number of carbonyl (C=O) groups excluding carboxylic acids is 1. The molecule has 1 fully saturated rings. The van der Waals surface area contributed by atoms with Crippen molar-refractivity contribution < 1.29 is 44.2 Å². The smallest absolute Gasteiger partial charge is 0.306 e. The van der Waals surface area contributed by atoms with Gasteiger partial charge in [-0.3, -0.25) is 4.79 Å². The van der Waals surface area contributed by atoms with Gasteiger partial charge in [-0.25, -0.2) is 0 Å². The number of ether oxygens (including phenoxy) is 4. The van der Waals surface area contributed by atoms with Crippen LogP contribution in [-0.4, -0.2) is 89.6 Å². The number of aliphatic hydroxyl groups is 4. The Kier molecular flexibility index (Phi) is 36.2. The van der Waals surface area contributed by atoms with Gasteiger partial charge in [-0.15, -0.1) is 0 Å². The molecule has 9 heteroatoms. The molecule has 0 aromatic carbocycles. The lowest BCUT2D eigenvalue weighted by Crippen LogP contribution is -2.59. The summed E-state index contributed by atoms with van der Waals surface area (Å²) in [7, 11) is 0. The third kappa shape index (κ3) is 30.2. The van der Waals surface area contributed by atoms with Gasteiger partial charge in [0.25, 0.3) is 0 Å². The minimum absolute atomic E-state index is 0.115. The second kappa shape index (κ2) is 39.6. The molecular weight excluding hydrogens is 733 g/mol. The summed E-state index contributed by atoms with van der Waals surface area (Å²) in [5.41, 5.74) is 0. The first-order valence-corrected chi connectivity index (χ1v) is 22.3. The van der Waals surface area contributed by atoms with E-state index >= 15 is 0 Å². The van der Waals surface area contributed by atoms with Crippen molar-refractivity contribution in [2.75, 3.05) is 26.4 Å². The van der Waals surface area contributed by atoms with Crippen molar-refractivity contribution in [1.82, 2.24) is 0 Å². The molecule has 0 spiro atoms. The van der Waals surface area contributed by atoms with Crippen molar-refractivity contribution in [2.45, 2.75) is 179 Å². The lowest BCUT2D eigenvalue weighted by molar-refractivity contribution is -0.305. The van der Waals surface area contributed by atoms with Gasteiger partial charge in [0.15, 0.2) is 6.29 Å². The van der Waals surface area contributed by atoms with Crippen LogP contribution in [0.5, 0.6) is 0 Å². The Morgan fingerprint density at radius 3 is 1.50 bits per heavy atom. The molecule has 6 unspecified atom stereocenters. The van der Waals surface area contributed by atoms with Crippen LogP contribution in [0, 0.1) is 0 Å². The number of aliphatic hydroxyl groups excluding tert-OH is 4. The quantitative estimate of drug-likeness (QED) is 0.0277. The Hall–Kier alpha value is -2.89. The van der Waals surface area contributed by atoms with Crippen LogP contribution >= 0.6 is 0 Å². The van der Waals surface area contributed by atoms with E-state index in [4.69, 9.17) is 18.9 Å². The minimum Gasteiger partial charge on any atom is -0.457 e. The van der Waals surface area contributed by atoms with E-state index in [0.717, 1.165) is 122 Å². The van der Waals surface area contributed by atoms with E-state index in [1.54, 1.807) is 0 Å². The Labute approximate surface area is 352 Å². The summed E-state index contributed by atoms with van der Waals surface area (Å²) >= 11 is 0. The Morgan fingerprint density at radius 2 is 1.00 bits per heavy atom. The number of carbonyl (C=O) groups is 1. The lowest BCUT2D eigenvalue weighted by Gasteiger charge is -2.39. The second-order valence-electron chi connectivity index (χ2n) is 14.7. The number of esters is 1. The van der Waals surface area contributed by atoms with Crippen molar-refractivity contribution >= 4 is 5.97 Å². The van der Waals surface area contributed by atoms with Gasteiger partial charge in [0.2, 0.25) is 0 Å². The molecule has 330 valence electrons. The van der Waals surface area contributed by atoms with Crippen LogP contribution in [-0.2, 0) is 23.7 Å². The molecule has 0 aromatic heterocycles. The zero-order chi connectivity index (χ0) is 42.2. The largest absolute Gasteiger partial charge is 0.457 e. The standard InChI is InChI=1S/C49H80O9/c1-3-5-7-9-11-13-15-17-19-20-21-22-23-24-25-26-28-30-32-34-36-38-45(51)57-43(42-56-49-48(54)47(53)46(52)44(40-50)58-49)41-55-39-37-35-33-31-29-27-18-16-14-12-10-8-6-4-2/h5-8,11-14,17-19,21-22,24-25,27,43-44,46-50,52-54H,3-4,9-10,15-16,20,23,26,28-42H2,1-2H3/b7-5-,8-6-,13-11-,14-12-,19-17-,22-21-,25-24-,27-18-. The highest BCUT2D eigenvalue weighted by molar-refractivity contribution is 5.69. The third-order valence-electron chi connectivity index (χ3n) is 9.50. The maximum atomic E-state index is 12.8. The van der Waals surface area contributed by atoms with E-state index in [2.05, 4.69) is 111 Å². The first-order chi connectivity index (χ1) is 28.4. The molecule has 4 N–H and O–H groups in total. The summed E-state index contributed by atoms with van der Waals surface area (Å²) in [4.78, 5) is 12.8. The highest BCUT2D eigenvalue weighted by Crippen LogP contribution is 2.22. The molecule has 0 radical (unpaired) electrons. The molecule has 1 heterocycles. The summed E-state index contributed by atoms with van der Waals surface area (Å²) in [5, 5.41) is 40.1. The zero-order valence-corrected chi connectivity index (χ0v) is 36.0. The zero-order valence-electron chi connectivity index (χ0n) is 36.0. The molecule has 1 aliphatic rings. The fraction of sp³-hybridized carbons (Fsp3) is 0.653. The Balaban J connectivity index is 2.31. The van der Waals surface area contributed by atoms with Crippen LogP contribution in [0.15, 0.2) is 97.2 Å². The fourth-order valence-electron chi connectivity index (χ4n) is 6.06. The van der Waals surface area contributed by atoms with Crippen LogP contribution in [0.4, 0.5) is 0 Å². The molecule has 58 heavy (non-hydrogen) atoms. The van der Waals surface area contributed by atoms with E-state index < -0.39 is 43.4 Å². The molecule has 0 aliphatic carbocycles. The Morgan fingerprint density at radius 1 is 0.552 bits per heavy atom. The van der Waals surface area contributed by atoms with Crippen molar-refractivity contribution in [3.8, 4) is 0 Å². The van der Waals surface area contributed by atoms with Gasteiger partial charge in [0.05, 0.1) is 19.8 Å². The lowest BCUT2D eigenvalue weighted by atomic mass is 9.99. The van der Waals surface area contributed by atoms with Gasteiger partial charge in [-0.2, -0.15) is 0 Å². The monoisotopic (exact) mass is 813 g/mol. The maximum Gasteiger partial charge on any atom is 0.306 e. The van der Waals surface area contributed by atoms with Crippen molar-refractivity contribution in [3.63, 3.8) is 0 Å². The van der Waals surface area contributed by atoms with Crippen LogP contribution in [0.3, 0.4) is 0 Å². The molecule has 0 saturated carbocycles. The third-order valence-corrected chi connectivity index (χ3v) is 9.50. The van der Waals surface area contributed by atoms with Gasteiger partial charge >= 0.3 is 5.97 Å². The summed E-state index contributed by atoms with van der Waals surface area (Å²) < 4.78 is 22.7. The number of rotatable bonds is 36. The van der Waals surface area contributed by atoms with Gasteiger partial charge in [-0.1, -0.05) is 143 Å². The van der Waals surface area contributed by atoms with Gasteiger partial charge in [0, 0.05) is 13.0 Å². The highest BCUT2D eigenvalue weighted by atomic mass is 16.7. The normalized spacial score (nSPS) is 21.2. The minimum atomic E-state index is -1.55. The van der Waals surface area contributed by atoms with Gasteiger partial charge in [0.1, 0.15) is 30.5 Å². The molecule has 1 saturated heterocycles. The summed E-state index contributed by atoms with van der Waals surface area (Å²) in [6.45, 7) is 4.22. The Bertz CT molecular complexity index is 1200. The highest BCUT2D eigenvalue weighted by Gasteiger charge is 2.44. The predicted molar refractivity (Wildman–Crippen MR) is 237 cm³/mol. The fourth-order valence-corrected chi connectivity index (χ4v) is 6.06. The molecule has 9 nitrogen and oxygen atoms in total. The topological polar surface area (TPSA) is 135 Å². The number of hydrogen-bond acceptors (Lipinski definition) is 9. The van der Waals surface area contributed by atoms with Crippen LogP contribution in [0.25, 0.3) is 0 Å². The van der Waals surface area contributed by atoms with E-state index in [-0.39, 0.29) is 25.6 Å². The molecular formula is C49H80O9. The first-order valence-electron chi connectivity index (χ1n) is 22.3. The molecule has 1 rings (SSSR count). The van der Waals surface area contributed by atoms with E-state index in [9.17, 15) is 25.2 Å². The summed E-state index contributed by atoms with van der Waals surface area (Å²) in [6, 6.07) is 0. The van der Waals surface area contributed by atoms with Crippen LogP contribution < -0.4 is 0 Å². The van der Waals surface area contributed by atoms with Gasteiger partial charge < -0.3 is 39.4 Å². The van der Waals surface area contributed by atoms with Crippen LogP contribution in [0.2, 0.25) is 0 Å². The molecule has 6 atom stereocenters. The molecule has 0 amide bonds. The molecule has 0 bridgehead atoms. The average Bonchev–Trinajstić information content (AvgIpc) is 3.22. The van der Waals surface area contributed by atoms with Crippen molar-refractivity contribution in [3.05, 3.63) is 97.2 Å². The van der Waals surface area contributed by atoms with E-state index in [1.807, 2.05) is 0 Å². The van der Waals surface area contributed by atoms with Crippen LogP contribution in [0.1, 0.15) is 142 Å². The average molecular weight is 813 g/mol. The first kappa shape index (κ1) is 53.1. The van der Waals surface area contributed by atoms with E-state index in [0.29, 0.717) is 6.61 Å². The predicted octanol–water partition coefficient (Wildman–Crippen LogP) is 10.0. The van der Waals surface area contributed by atoms with Crippen molar-refractivity contribution in [1.29, 1.82) is 0 Å². The number of unbranched alkanes of at least 4 members (excludes halogenated alkanes) is 9. The van der Waals surface area contributed by atoms with E-state index in [1.165, 1.54) is 0 Å². The second-order valence-corrected chi connectivity index (χ2v) is 14.7. The SMILES string of the molecule is CC/C=C\C/C=C\C/C=C\C/C=C\C/C=C\CCCCCCCC(=O)OC(COCCCCCC/C=C\C/C=C\C/C=C\CC)COC1OC(CO)C(O)C(O)C1O. The molecule has 1 aliphatic heterocycles. The summed E-state index contributed by atoms with van der Waals surface area (Å²) in [6.07, 6.45) is 47.2. The van der Waals surface area contributed by atoms with Crippen molar-refractivity contribution in [2.24, 2.45) is 0 Å². The maximum absolute atomic E-state index is 12.8. The van der Waals surface area contributed by atoms with Gasteiger partial charge in [-0.05, 0) is 89.9 Å². The molecule has 0 aromatic rings. The number of allylic oxidation sites excluding steroid dienone is 16. The number of hydrogen-bond donors (Lipinski definition) is 4. The summed E-state index contributed by atoms with van der Waals surface area (Å²) in [5.74, 6) is -0.346.